The van der Waals surface area contributed by atoms with Gasteiger partial charge in [0.2, 0.25) is 0 Å². The predicted molar refractivity (Wildman–Crippen MR) is 29.6 cm³/mol. The zero-order valence-corrected chi connectivity index (χ0v) is 4.00. The summed E-state index contributed by atoms with van der Waals surface area (Å²) >= 11 is 0. The van der Waals surface area contributed by atoms with Gasteiger partial charge in [-0.05, 0) is 11.6 Å². The number of hydrogen-bond donors (Lipinski definition) is 0. The van der Waals surface area contributed by atoms with Crippen molar-refractivity contribution in [2.45, 2.75) is 0 Å². The summed E-state index contributed by atoms with van der Waals surface area (Å²) in [4.78, 5) is 0. The van der Waals surface area contributed by atoms with Crippen LogP contribution in [-0.2, 0) is 0 Å². The zero-order valence-electron chi connectivity index (χ0n) is 3.10. The van der Waals surface area contributed by atoms with Gasteiger partial charge in [0, 0.05) is 0 Å². The monoisotopic (exact) mass is 82.0 g/mol. The van der Waals surface area contributed by atoms with Gasteiger partial charge in [-0.15, -0.1) is 0 Å². The Kier molecular flexibility index (Phi) is 0.626. The second kappa shape index (κ2) is 0.985. The molecule has 0 bridgehead atoms. The first kappa shape index (κ1) is 3.18. The third-order valence-corrected chi connectivity index (χ3v) is 1.67. The van der Waals surface area contributed by atoms with E-state index < -0.39 is 0 Å². The molecule has 5 heavy (non-hydrogen) atoms. The van der Waals surface area contributed by atoms with Gasteiger partial charge in [0.1, 0.15) is 7.85 Å². The van der Waals surface area contributed by atoms with Crippen LogP contribution < -0.4 is 0 Å². The summed E-state index contributed by atoms with van der Waals surface area (Å²) in [6.45, 7) is 0. The third kappa shape index (κ3) is 0.434. The molecule has 1 aliphatic heterocycles. The number of rotatable bonds is 0. The van der Waals surface area contributed by atoms with Gasteiger partial charge in [0.25, 0.3) is 0 Å². The second-order valence-electron chi connectivity index (χ2n) is 1.15. The van der Waals surface area contributed by atoms with E-state index in [4.69, 9.17) is 0 Å². The van der Waals surface area contributed by atoms with Crippen LogP contribution in [0.25, 0.3) is 0 Å². The van der Waals surface area contributed by atoms with Crippen molar-refractivity contribution in [3.05, 3.63) is 11.3 Å². The van der Waals surface area contributed by atoms with E-state index in [9.17, 15) is 0 Å². The summed E-state index contributed by atoms with van der Waals surface area (Å²) in [5, 5.41) is 0. The van der Waals surface area contributed by atoms with Crippen LogP contribution in [0.15, 0.2) is 11.3 Å². The lowest BCUT2D eigenvalue weighted by atomic mass is 10.0. The van der Waals surface area contributed by atoms with Gasteiger partial charge in [-0.1, -0.05) is 13.7 Å². The van der Waals surface area contributed by atoms with Crippen LogP contribution in [0.4, 0.5) is 0 Å². The minimum atomic E-state index is 1.39. The maximum Gasteiger partial charge on any atom is 0.140 e. The lowest BCUT2D eigenvalue weighted by Gasteiger charge is -1.91. The van der Waals surface area contributed by atoms with Crippen molar-refractivity contribution < 1.29 is 0 Å². The van der Waals surface area contributed by atoms with Gasteiger partial charge in [-0.2, -0.15) is 0 Å². The van der Waals surface area contributed by atoms with E-state index >= 15 is 0 Å². The molecule has 0 atom stereocenters. The summed E-state index contributed by atoms with van der Waals surface area (Å²) in [5.41, 5.74) is 1.42. The minimum absolute atomic E-state index is 1.39. The topological polar surface area (TPSA) is 0 Å². The average molecular weight is 81.9 g/mol. The molecule has 0 aromatic carbocycles. The van der Waals surface area contributed by atoms with Gasteiger partial charge in [-0.25, -0.2) is 0 Å². The number of hydrogen-bond acceptors (Lipinski definition) is 0. The minimum Gasteiger partial charge on any atom is -0.0800 e. The SMILES string of the molecule is BC1=CP=C1. The zero-order chi connectivity index (χ0) is 3.70. The van der Waals surface area contributed by atoms with E-state index in [0.29, 0.717) is 0 Å². The summed E-state index contributed by atoms with van der Waals surface area (Å²) in [6.07, 6.45) is 0. The highest BCUT2D eigenvalue weighted by atomic mass is 31.1. The van der Waals surface area contributed by atoms with E-state index in [1.165, 1.54) is 13.7 Å². The highest BCUT2D eigenvalue weighted by Gasteiger charge is 1.83. The van der Waals surface area contributed by atoms with Gasteiger partial charge in [0.15, 0.2) is 0 Å². The maximum atomic E-state index is 2.18. The molecule has 0 amide bonds. The molecule has 0 radical (unpaired) electrons. The number of allylic oxidation sites excluding steroid dienone is 1. The smallest absolute Gasteiger partial charge is 0.0800 e. The second-order valence-corrected chi connectivity index (χ2v) is 1.97. The van der Waals surface area contributed by atoms with Crippen LogP contribution in [0, 0.1) is 0 Å². The van der Waals surface area contributed by atoms with Gasteiger partial charge in [0.05, 0.1) is 0 Å². The first-order valence-corrected chi connectivity index (χ1v) is 2.63. The predicted octanol–water partition coefficient (Wildman–Crippen LogP) is 0.223. The van der Waals surface area contributed by atoms with E-state index in [1.54, 1.807) is 0 Å². The van der Waals surface area contributed by atoms with Gasteiger partial charge >= 0.3 is 0 Å². The van der Waals surface area contributed by atoms with Crippen LogP contribution in [0.2, 0.25) is 0 Å². The fourth-order valence-corrected chi connectivity index (χ4v) is 0.671. The Labute approximate surface area is 34.1 Å². The normalized spacial score (nSPS) is 20.4. The molecule has 0 aliphatic carbocycles. The summed E-state index contributed by atoms with van der Waals surface area (Å²) < 4.78 is 0. The van der Waals surface area contributed by atoms with Crippen molar-refractivity contribution in [2.75, 3.05) is 0 Å². The van der Waals surface area contributed by atoms with Crippen molar-refractivity contribution in [1.29, 1.82) is 0 Å². The summed E-state index contributed by atoms with van der Waals surface area (Å²) in [6, 6.07) is 0. The van der Waals surface area contributed by atoms with Crippen LogP contribution in [0.1, 0.15) is 0 Å². The molecular formula is C3H4BP. The molecule has 0 N–H and O–H groups in total. The van der Waals surface area contributed by atoms with E-state index in [0.717, 1.165) is 0 Å². The van der Waals surface area contributed by atoms with E-state index in [2.05, 4.69) is 19.5 Å². The molecule has 1 heterocycles. The Bertz CT molecular complexity index is 93.1. The van der Waals surface area contributed by atoms with Crippen molar-refractivity contribution in [3.8, 4) is 0 Å². The van der Waals surface area contributed by atoms with Crippen molar-refractivity contribution in [2.24, 2.45) is 0 Å². The van der Waals surface area contributed by atoms with Crippen LogP contribution >= 0.6 is 8.20 Å². The molecule has 0 aromatic heterocycles. The first-order valence-electron chi connectivity index (χ1n) is 1.59. The Morgan fingerprint density at radius 1 is 1.80 bits per heavy atom. The Hall–Kier alpha value is -0.0251. The highest BCUT2D eigenvalue weighted by molar-refractivity contribution is 7.46. The van der Waals surface area contributed by atoms with E-state index in [-0.39, 0.29) is 0 Å². The molecule has 0 aromatic rings. The standard InChI is InChI=1S/C3H4BP/c4-3-1-5-2-3/h1-2H,4H2. The van der Waals surface area contributed by atoms with Crippen LogP contribution in [0.3, 0.4) is 0 Å². The average Bonchev–Trinajstić information content (AvgIpc) is 1.30. The molecule has 0 unspecified atom stereocenters. The van der Waals surface area contributed by atoms with Crippen molar-refractivity contribution >= 4 is 21.8 Å². The molecule has 0 spiro atoms. The summed E-state index contributed by atoms with van der Waals surface area (Å²) in [5.74, 6) is 4.36. The van der Waals surface area contributed by atoms with Crippen LogP contribution in [-0.4, -0.2) is 13.6 Å². The fraction of sp³-hybridized carbons (Fsp3) is 0. The van der Waals surface area contributed by atoms with Gasteiger partial charge < -0.3 is 0 Å². The first-order chi connectivity index (χ1) is 2.39. The fourth-order valence-electron chi connectivity index (χ4n) is 0.224. The molecule has 0 fully saturated rings. The third-order valence-electron chi connectivity index (χ3n) is 0.556. The lowest BCUT2D eigenvalue weighted by molar-refractivity contribution is 2.27. The molecule has 0 saturated carbocycles. The summed E-state index contributed by atoms with van der Waals surface area (Å²) in [7, 11) is 3.49. The van der Waals surface area contributed by atoms with Gasteiger partial charge in [-0.3, -0.25) is 0 Å². The highest BCUT2D eigenvalue weighted by Crippen LogP contribution is 2.10. The largest absolute Gasteiger partial charge is 0.140 e. The molecular weight excluding hydrogens is 77.8 g/mol. The molecule has 0 nitrogen and oxygen atoms in total. The van der Waals surface area contributed by atoms with Crippen LogP contribution in [0.5, 0.6) is 0 Å². The Balaban J connectivity index is 2.60. The van der Waals surface area contributed by atoms with Crippen molar-refractivity contribution in [1.82, 2.24) is 0 Å². The molecule has 24 valence electrons. The molecule has 0 saturated heterocycles. The molecule has 1 rings (SSSR count). The maximum absolute atomic E-state index is 2.18. The lowest BCUT2D eigenvalue weighted by Crippen LogP contribution is -1.81. The van der Waals surface area contributed by atoms with E-state index in [1.807, 2.05) is 0 Å². The Morgan fingerprint density at radius 3 is 2.20 bits per heavy atom. The molecule has 1 aliphatic rings. The molecule has 2 heteroatoms. The quantitative estimate of drug-likeness (QED) is 0.289. The van der Waals surface area contributed by atoms with Crippen molar-refractivity contribution in [3.63, 3.8) is 0 Å². The Morgan fingerprint density at radius 2 is 2.20 bits per heavy atom.